The molecule has 2 rings (SSSR count). The molecule has 0 aromatic carbocycles. The zero-order valence-corrected chi connectivity index (χ0v) is 8.59. The fraction of sp³-hybridized carbons (Fsp3) is 0.667. The van der Waals surface area contributed by atoms with Crippen molar-refractivity contribution in [2.24, 2.45) is 11.8 Å². The lowest BCUT2D eigenvalue weighted by atomic mass is 9.71. The summed E-state index contributed by atoms with van der Waals surface area (Å²) in [6.45, 7) is 5.35. The van der Waals surface area contributed by atoms with Gasteiger partial charge >= 0.3 is 0 Å². The van der Waals surface area contributed by atoms with Crippen LogP contribution in [0.15, 0.2) is 23.8 Å². The zero-order chi connectivity index (χ0) is 9.26. The minimum atomic E-state index is 0.763. The van der Waals surface area contributed by atoms with E-state index in [2.05, 4.69) is 37.4 Å². The number of hydrogen-bond acceptors (Lipinski definition) is 1. The Morgan fingerprint density at radius 3 is 3.08 bits per heavy atom. The quantitative estimate of drug-likeness (QED) is 0.653. The number of rotatable bonds is 3. The molecular formula is C12H19N. The van der Waals surface area contributed by atoms with Crippen molar-refractivity contribution < 1.29 is 0 Å². The van der Waals surface area contributed by atoms with E-state index >= 15 is 0 Å². The second-order valence-corrected chi connectivity index (χ2v) is 4.53. The largest absolute Gasteiger partial charge is 0.310 e. The average Bonchev–Trinajstić information content (AvgIpc) is 2.40. The molecule has 1 heteroatoms. The van der Waals surface area contributed by atoms with E-state index in [0.717, 1.165) is 24.4 Å². The third-order valence-corrected chi connectivity index (χ3v) is 3.25. The minimum Gasteiger partial charge on any atom is -0.310 e. The fourth-order valence-corrected chi connectivity index (χ4v) is 2.36. The molecule has 0 saturated heterocycles. The Morgan fingerprint density at radius 1 is 1.54 bits per heavy atom. The van der Waals surface area contributed by atoms with Crippen LogP contribution in [0.4, 0.5) is 0 Å². The molecular weight excluding hydrogens is 158 g/mol. The first kappa shape index (κ1) is 9.01. The predicted octanol–water partition coefficient (Wildman–Crippen LogP) is 2.51. The van der Waals surface area contributed by atoms with E-state index in [-0.39, 0.29) is 0 Å². The Bertz CT molecular complexity index is 236. The van der Waals surface area contributed by atoms with Gasteiger partial charge < -0.3 is 5.32 Å². The zero-order valence-electron chi connectivity index (χ0n) is 8.59. The molecule has 0 spiro atoms. The summed E-state index contributed by atoms with van der Waals surface area (Å²) in [5.41, 5.74) is 1.41. The highest BCUT2D eigenvalue weighted by molar-refractivity contribution is 5.13. The highest BCUT2D eigenvalue weighted by atomic mass is 14.9. The van der Waals surface area contributed by atoms with Gasteiger partial charge in [-0.25, -0.2) is 0 Å². The molecule has 1 nitrogen and oxygen atoms in total. The average molecular weight is 177 g/mol. The monoisotopic (exact) mass is 177 g/mol. The summed E-state index contributed by atoms with van der Waals surface area (Å²) in [7, 11) is 0. The SMILES string of the molecule is CC(C)=CCNC1CC2CC=CC21. The van der Waals surface area contributed by atoms with Gasteiger partial charge in [0.2, 0.25) is 0 Å². The normalized spacial score (nSPS) is 35.4. The van der Waals surface area contributed by atoms with Crippen molar-refractivity contribution >= 4 is 0 Å². The number of fused-ring (bicyclic) bond motifs is 1. The van der Waals surface area contributed by atoms with Gasteiger partial charge in [0.05, 0.1) is 0 Å². The molecule has 1 saturated carbocycles. The Kier molecular flexibility index (Phi) is 2.54. The lowest BCUT2D eigenvalue weighted by Gasteiger charge is -2.40. The van der Waals surface area contributed by atoms with Gasteiger partial charge in [-0.3, -0.25) is 0 Å². The van der Waals surface area contributed by atoms with Crippen LogP contribution in [0.2, 0.25) is 0 Å². The van der Waals surface area contributed by atoms with Gasteiger partial charge in [0.15, 0.2) is 0 Å². The van der Waals surface area contributed by atoms with E-state index in [1.165, 1.54) is 18.4 Å². The maximum atomic E-state index is 3.59. The molecule has 13 heavy (non-hydrogen) atoms. The van der Waals surface area contributed by atoms with Crippen molar-refractivity contribution in [2.45, 2.75) is 32.7 Å². The maximum absolute atomic E-state index is 3.59. The standard InChI is InChI=1S/C12H19N/c1-9(2)6-7-13-12-8-10-4-3-5-11(10)12/h3,5-6,10-13H,4,7-8H2,1-2H3. The minimum absolute atomic E-state index is 0.763. The molecule has 0 radical (unpaired) electrons. The Labute approximate surface area is 80.9 Å². The number of hydrogen-bond donors (Lipinski definition) is 1. The van der Waals surface area contributed by atoms with Crippen LogP contribution in [0, 0.1) is 11.8 Å². The van der Waals surface area contributed by atoms with E-state index < -0.39 is 0 Å². The van der Waals surface area contributed by atoms with Crippen LogP contribution in [0.1, 0.15) is 26.7 Å². The molecule has 3 unspecified atom stereocenters. The van der Waals surface area contributed by atoms with Crippen LogP contribution >= 0.6 is 0 Å². The molecule has 0 aliphatic heterocycles. The van der Waals surface area contributed by atoms with Crippen LogP contribution in [0.3, 0.4) is 0 Å². The van der Waals surface area contributed by atoms with Crippen molar-refractivity contribution in [2.75, 3.05) is 6.54 Å². The fourth-order valence-electron chi connectivity index (χ4n) is 2.36. The summed E-state index contributed by atoms with van der Waals surface area (Å²) in [6.07, 6.45) is 9.72. The van der Waals surface area contributed by atoms with Gasteiger partial charge in [-0.2, -0.15) is 0 Å². The van der Waals surface area contributed by atoms with E-state index in [1.807, 2.05) is 0 Å². The molecule has 1 fully saturated rings. The molecule has 0 heterocycles. The van der Waals surface area contributed by atoms with Crippen LogP contribution in [-0.2, 0) is 0 Å². The molecule has 0 aromatic heterocycles. The van der Waals surface area contributed by atoms with Crippen LogP contribution in [0.5, 0.6) is 0 Å². The van der Waals surface area contributed by atoms with E-state index in [1.54, 1.807) is 0 Å². The van der Waals surface area contributed by atoms with Gasteiger partial charge in [-0.15, -0.1) is 0 Å². The first-order chi connectivity index (χ1) is 6.27. The van der Waals surface area contributed by atoms with Crippen LogP contribution < -0.4 is 5.32 Å². The Morgan fingerprint density at radius 2 is 2.38 bits per heavy atom. The molecule has 0 bridgehead atoms. The summed E-state index contributed by atoms with van der Waals surface area (Å²) >= 11 is 0. The first-order valence-corrected chi connectivity index (χ1v) is 5.31. The van der Waals surface area contributed by atoms with Gasteiger partial charge in [0, 0.05) is 12.6 Å². The van der Waals surface area contributed by atoms with Crippen molar-refractivity contribution in [3.05, 3.63) is 23.8 Å². The van der Waals surface area contributed by atoms with E-state index in [4.69, 9.17) is 0 Å². The highest BCUT2D eigenvalue weighted by Gasteiger charge is 2.40. The molecule has 0 amide bonds. The molecule has 2 aliphatic carbocycles. The van der Waals surface area contributed by atoms with Crippen LogP contribution in [0.25, 0.3) is 0 Å². The third kappa shape index (κ3) is 1.86. The molecule has 1 N–H and O–H groups in total. The second-order valence-electron chi connectivity index (χ2n) is 4.53. The van der Waals surface area contributed by atoms with Gasteiger partial charge in [-0.1, -0.05) is 23.8 Å². The van der Waals surface area contributed by atoms with Crippen molar-refractivity contribution in [1.29, 1.82) is 0 Å². The Balaban J connectivity index is 1.73. The van der Waals surface area contributed by atoms with E-state index in [9.17, 15) is 0 Å². The lowest BCUT2D eigenvalue weighted by Crippen LogP contribution is -2.48. The molecule has 2 aliphatic rings. The highest BCUT2D eigenvalue weighted by Crippen LogP contribution is 2.42. The summed E-state index contributed by atoms with van der Waals surface area (Å²) in [4.78, 5) is 0. The smallest absolute Gasteiger partial charge is 0.0140 e. The van der Waals surface area contributed by atoms with Gasteiger partial charge in [0.1, 0.15) is 0 Å². The van der Waals surface area contributed by atoms with Gasteiger partial charge in [0.25, 0.3) is 0 Å². The lowest BCUT2D eigenvalue weighted by molar-refractivity contribution is 0.168. The Hall–Kier alpha value is -0.560. The molecule has 72 valence electrons. The number of allylic oxidation sites excluding steroid dienone is 2. The van der Waals surface area contributed by atoms with Crippen molar-refractivity contribution in [3.8, 4) is 0 Å². The van der Waals surface area contributed by atoms with Gasteiger partial charge in [-0.05, 0) is 38.5 Å². The summed E-state index contributed by atoms with van der Waals surface area (Å²) in [5.74, 6) is 1.83. The van der Waals surface area contributed by atoms with Crippen molar-refractivity contribution in [1.82, 2.24) is 5.32 Å². The molecule has 3 atom stereocenters. The topological polar surface area (TPSA) is 12.0 Å². The van der Waals surface area contributed by atoms with Crippen molar-refractivity contribution in [3.63, 3.8) is 0 Å². The van der Waals surface area contributed by atoms with E-state index in [0.29, 0.717) is 0 Å². The summed E-state index contributed by atoms with van der Waals surface area (Å²) < 4.78 is 0. The summed E-state index contributed by atoms with van der Waals surface area (Å²) in [6, 6.07) is 0.763. The third-order valence-electron chi connectivity index (χ3n) is 3.25. The number of nitrogens with one attached hydrogen (secondary N) is 1. The van der Waals surface area contributed by atoms with Crippen LogP contribution in [-0.4, -0.2) is 12.6 Å². The first-order valence-electron chi connectivity index (χ1n) is 5.31. The second kappa shape index (κ2) is 3.67. The molecule has 0 aromatic rings. The maximum Gasteiger partial charge on any atom is 0.0140 e. The predicted molar refractivity (Wildman–Crippen MR) is 56.6 cm³/mol. The summed E-state index contributed by atoms with van der Waals surface area (Å²) in [5, 5.41) is 3.59.